The molecule has 2 aromatic heterocycles. The average molecular weight is 677 g/mol. The predicted octanol–water partition coefficient (Wildman–Crippen LogP) is 5.86. The van der Waals surface area contributed by atoms with Gasteiger partial charge in [0.25, 0.3) is 16.0 Å². The minimum atomic E-state index is -4.02. The second-order valence-corrected chi connectivity index (χ2v) is 15.9. The number of aromatic amines is 1. The van der Waals surface area contributed by atoms with Gasteiger partial charge < -0.3 is 15.2 Å². The standard InChI is InChI=1S/C28H32N4O3S.C7H8O3S/c1-5-36(34,35)21-8-6-7-19(14-21)23-15-22(28(33)30-20-9-11-32(4)12-10-20)18(3)26-25(23)24-13-17(2)16-29-27(24)31-26;1-6-2-4-7(5-3-6)11(8,9)10/h6-8,13-16,20H,5,9-12H2,1-4H3,(H,29,31)(H,30,33);2-5H,1H3,(H,8,9,10). The highest BCUT2D eigenvalue weighted by Gasteiger charge is 2.24. The number of nitrogens with one attached hydrogen (secondary N) is 2. The number of fused-ring (bicyclic) bond motifs is 3. The van der Waals surface area contributed by atoms with Crippen LogP contribution in [0.1, 0.15) is 46.8 Å². The Kier molecular flexibility index (Phi) is 9.88. The molecule has 3 aromatic carbocycles. The lowest BCUT2D eigenvalue weighted by molar-refractivity contribution is 0.0916. The van der Waals surface area contributed by atoms with Gasteiger partial charge >= 0.3 is 0 Å². The van der Waals surface area contributed by atoms with E-state index in [1.54, 1.807) is 37.3 Å². The van der Waals surface area contributed by atoms with Crippen molar-refractivity contribution in [2.45, 2.75) is 56.4 Å². The van der Waals surface area contributed by atoms with Crippen molar-refractivity contribution in [1.82, 2.24) is 20.2 Å². The Bertz CT molecular complexity index is 2170. The molecular formula is C35H40N4O6S2. The van der Waals surface area contributed by atoms with Crippen LogP contribution in [0.5, 0.6) is 0 Å². The molecule has 5 aromatic rings. The van der Waals surface area contributed by atoms with Crippen LogP contribution in [0.25, 0.3) is 33.1 Å². The monoisotopic (exact) mass is 676 g/mol. The number of hydrogen-bond donors (Lipinski definition) is 3. The number of amides is 1. The summed E-state index contributed by atoms with van der Waals surface area (Å²) in [5.74, 6) is -0.0782. The van der Waals surface area contributed by atoms with E-state index >= 15 is 0 Å². The molecule has 0 radical (unpaired) electrons. The van der Waals surface area contributed by atoms with Gasteiger partial charge in [0.15, 0.2) is 9.84 Å². The molecule has 1 saturated heterocycles. The van der Waals surface area contributed by atoms with Crippen molar-refractivity contribution >= 4 is 47.8 Å². The van der Waals surface area contributed by atoms with Gasteiger partial charge in [0.2, 0.25) is 0 Å². The fourth-order valence-electron chi connectivity index (χ4n) is 5.81. The van der Waals surface area contributed by atoms with Gasteiger partial charge in [-0.2, -0.15) is 8.42 Å². The molecule has 0 saturated carbocycles. The molecule has 0 unspecified atom stereocenters. The zero-order valence-corrected chi connectivity index (χ0v) is 28.8. The maximum atomic E-state index is 13.5. The number of carbonyl (C=O) groups excluding carboxylic acids is 1. The van der Waals surface area contributed by atoms with E-state index in [0.29, 0.717) is 5.56 Å². The number of pyridine rings is 1. The maximum Gasteiger partial charge on any atom is 0.294 e. The number of likely N-dealkylation sites (tertiary alicyclic amines) is 1. The summed E-state index contributed by atoms with van der Waals surface area (Å²) in [5.41, 5.74) is 6.58. The number of rotatable bonds is 6. The second-order valence-electron chi connectivity index (χ2n) is 12.2. The van der Waals surface area contributed by atoms with Crippen LogP contribution in [0.4, 0.5) is 0 Å². The molecule has 10 nitrogen and oxygen atoms in total. The van der Waals surface area contributed by atoms with Crippen LogP contribution in [-0.4, -0.2) is 74.1 Å². The molecule has 1 fully saturated rings. The quantitative estimate of drug-likeness (QED) is 0.190. The number of aromatic nitrogens is 2. The SMILES string of the molecule is CCS(=O)(=O)c1cccc(-c2cc(C(=O)NC3CCN(C)CC3)c(C)c3[nH]c4ncc(C)cc4c23)c1.Cc1ccc(S(=O)(=O)O)cc1. The van der Waals surface area contributed by atoms with Gasteiger partial charge in [0.05, 0.1) is 21.1 Å². The minimum absolute atomic E-state index is 0.0280. The van der Waals surface area contributed by atoms with E-state index in [1.165, 1.54) is 12.1 Å². The molecule has 0 spiro atoms. The number of H-pyrrole nitrogens is 1. The van der Waals surface area contributed by atoms with Gasteiger partial charge in [-0.15, -0.1) is 0 Å². The predicted molar refractivity (Wildman–Crippen MR) is 185 cm³/mol. The third-order valence-corrected chi connectivity index (χ3v) is 11.2. The summed E-state index contributed by atoms with van der Waals surface area (Å²) < 4.78 is 54.8. The summed E-state index contributed by atoms with van der Waals surface area (Å²) in [6.45, 7) is 9.35. The molecule has 3 N–H and O–H groups in total. The van der Waals surface area contributed by atoms with Crippen LogP contribution in [-0.2, 0) is 20.0 Å². The molecule has 0 aliphatic carbocycles. The first-order valence-corrected chi connectivity index (χ1v) is 18.6. The van der Waals surface area contributed by atoms with E-state index < -0.39 is 20.0 Å². The molecule has 1 amide bonds. The van der Waals surface area contributed by atoms with Crippen LogP contribution in [0.15, 0.2) is 76.7 Å². The first-order chi connectivity index (χ1) is 22.2. The number of sulfone groups is 1. The van der Waals surface area contributed by atoms with Gasteiger partial charge in [-0.25, -0.2) is 13.4 Å². The third kappa shape index (κ3) is 7.57. The van der Waals surface area contributed by atoms with Gasteiger partial charge in [0.1, 0.15) is 5.65 Å². The Labute approximate surface area is 275 Å². The number of carbonyl (C=O) groups is 1. The highest BCUT2D eigenvalue weighted by molar-refractivity contribution is 7.91. The highest BCUT2D eigenvalue weighted by atomic mass is 32.2. The second kappa shape index (κ2) is 13.6. The van der Waals surface area contributed by atoms with Crippen molar-refractivity contribution in [2.24, 2.45) is 0 Å². The van der Waals surface area contributed by atoms with Gasteiger partial charge in [-0.1, -0.05) is 36.8 Å². The van der Waals surface area contributed by atoms with Crippen LogP contribution >= 0.6 is 0 Å². The third-order valence-electron chi connectivity index (χ3n) is 8.63. The zero-order chi connectivity index (χ0) is 34.1. The van der Waals surface area contributed by atoms with Crippen LogP contribution in [0.3, 0.4) is 0 Å². The molecule has 6 rings (SSSR count). The average Bonchev–Trinajstić information content (AvgIpc) is 3.42. The van der Waals surface area contributed by atoms with Gasteiger partial charge in [-0.05, 0) is 112 Å². The van der Waals surface area contributed by atoms with Crippen molar-refractivity contribution in [2.75, 3.05) is 25.9 Å². The Morgan fingerprint density at radius 2 is 1.64 bits per heavy atom. The van der Waals surface area contributed by atoms with Crippen molar-refractivity contribution < 1.29 is 26.2 Å². The molecule has 3 heterocycles. The largest absolute Gasteiger partial charge is 0.349 e. The van der Waals surface area contributed by atoms with Crippen molar-refractivity contribution in [3.63, 3.8) is 0 Å². The summed E-state index contributed by atoms with van der Waals surface area (Å²) in [6.07, 6.45) is 3.65. The Morgan fingerprint density at radius 1 is 0.957 bits per heavy atom. The highest BCUT2D eigenvalue weighted by Crippen LogP contribution is 2.38. The van der Waals surface area contributed by atoms with E-state index in [0.717, 1.165) is 75.7 Å². The van der Waals surface area contributed by atoms with E-state index in [9.17, 15) is 21.6 Å². The molecule has 1 aliphatic heterocycles. The minimum Gasteiger partial charge on any atom is -0.349 e. The van der Waals surface area contributed by atoms with Crippen molar-refractivity contribution in [3.8, 4) is 11.1 Å². The number of aryl methyl sites for hydroxylation is 3. The number of hydrogen-bond acceptors (Lipinski definition) is 7. The summed E-state index contributed by atoms with van der Waals surface area (Å²) in [5, 5.41) is 5.13. The number of benzene rings is 3. The molecule has 0 atom stereocenters. The summed E-state index contributed by atoms with van der Waals surface area (Å²) in [4.78, 5) is 24.0. The van der Waals surface area contributed by atoms with E-state index in [1.807, 2.05) is 39.1 Å². The Morgan fingerprint density at radius 3 is 2.28 bits per heavy atom. The molecule has 47 heavy (non-hydrogen) atoms. The summed E-state index contributed by atoms with van der Waals surface area (Å²) >= 11 is 0. The lowest BCUT2D eigenvalue weighted by Gasteiger charge is -2.29. The Hall–Kier alpha value is -4.10. The van der Waals surface area contributed by atoms with Gasteiger partial charge in [-0.3, -0.25) is 9.35 Å². The summed E-state index contributed by atoms with van der Waals surface area (Å²) in [7, 11) is -5.30. The molecule has 248 valence electrons. The number of piperidine rings is 1. The smallest absolute Gasteiger partial charge is 0.294 e. The van der Waals surface area contributed by atoms with Crippen LogP contribution in [0.2, 0.25) is 0 Å². The molecule has 1 aliphatic rings. The zero-order valence-electron chi connectivity index (χ0n) is 27.2. The first-order valence-electron chi connectivity index (χ1n) is 15.5. The van der Waals surface area contributed by atoms with Crippen LogP contribution in [0, 0.1) is 20.8 Å². The van der Waals surface area contributed by atoms with E-state index in [2.05, 4.69) is 33.3 Å². The topological polar surface area (TPSA) is 150 Å². The van der Waals surface area contributed by atoms with Crippen molar-refractivity contribution in [3.05, 3.63) is 89.1 Å². The fourth-order valence-corrected chi connectivity index (χ4v) is 7.21. The van der Waals surface area contributed by atoms with Crippen molar-refractivity contribution in [1.29, 1.82) is 0 Å². The normalized spacial score (nSPS) is 14.6. The first kappa shape index (κ1) is 34.2. The number of nitrogens with zero attached hydrogens (tertiary/aromatic N) is 2. The van der Waals surface area contributed by atoms with Gasteiger partial charge in [0, 0.05) is 28.6 Å². The molecule has 0 bridgehead atoms. The fraction of sp³-hybridized carbons (Fsp3) is 0.314. The lowest BCUT2D eigenvalue weighted by atomic mass is 9.93. The maximum absolute atomic E-state index is 13.5. The van der Waals surface area contributed by atoms with Crippen LogP contribution < -0.4 is 5.32 Å². The van der Waals surface area contributed by atoms with E-state index in [4.69, 9.17) is 4.55 Å². The molecule has 12 heteroatoms. The summed E-state index contributed by atoms with van der Waals surface area (Å²) in [6, 6.07) is 17.1. The molecular weight excluding hydrogens is 637 g/mol. The van der Waals surface area contributed by atoms with E-state index in [-0.39, 0.29) is 27.5 Å². The Balaban J connectivity index is 0.000000335. The lowest BCUT2D eigenvalue weighted by Crippen LogP contribution is -2.43.